The number of hydrogen-bond donors (Lipinski definition) is 1. The van der Waals surface area contributed by atoms with Gasteiger partial charge in [0.05, 0.1) is 10.6 Å². The number of anilines is 1. The third-order valence-corrected chi connectivity index (χ3v) is 3.72. The van der Waals surface area contributed by atoms with Crippen molar-refractivity contribution in [3.63, 3.8) is 0 Å². The molecule has 98 valence electrons. The van der Waals surface area contributed by atoms with Crippen molar-refractivity contribution in [2.24, 2.45) is 0 Å². The predicted octanol–water partition coefficient (Wildman–Crippen LogP) is 3.04. The smallest absolute Gasteiger partial charge is 0.261 e. The van der Waals surface area contributed by atoms with Crippen molar-refractivity contribution in [1.82, 2.24) is 10.1 Å². The van der Waals surface area contributed by atoms with Crippen molar-refractivity contribution in [2.45, 2.75) is 33.3 Å². The average molecular weight is 267 g/mol. The number of hydrogen-bond acceptors (Lipinski definition) is 6. The van der Waals surface area contributed by atoms with Gasteiger partial charge in [-0.25, -0.2) is 0 Å². The number of nitrogen functional groups attached to an aromatic ring is 1. The van der Waals surface area contributed by atoms with Crippen LogP contribution < -0.4 is 5.73 Å². The first-order chi connectivity index (χ1) is 8.65. The molecule has 2 rings (SSSR count). The molecule has 1 atom stereocenters. The highest BCUT2D eigenvalue weighted by atomic mass is 32.1. The number of ether oxygens (including phenoxy) is 1. The van der Waals surface area contributed by atoms with Crippen LogP contribution in [-0.4, -0.2) is 16.7 Å². The average Bonchev–Trinajstić information content (AvgIpc) is 2.95. The van der Waals surface area contributed by atoms with Crippen LogP contribution in [0, 0.1) is 0 Å². The van der Waals surface area contributed by atoms with Crippen LogP contribution in [0.5, 0.6) is 0 Å². The van der Waals surface area contributed by atoms with E-state index in [2.05, 4.69) is 17.1 Å². The Kier molecular flexibility index (Phi) is 3.98. The normalized spacial score (nSPS) is 12.8. The van der Waals surface area contributed by atoms with Crippen LogP contribution in [0.4, 0.5) is 5.00 Å². The Morgan fingerprint density at radius 2 is 2.28 bits per heavy atom. The lowest BCUT2D eigenvalue weighted by Gasteiger charge is -2.04. The van der Waals surface area contributed by atoms with Crippen LogP contribution in [0.1, 0.15) is 37.6 Å². The van der Waals surface area contributed by atoms with Gasteiger partial charge in [0.2, 0.25) is 5.82 Å². The molecule has 2 heterocycles. The fourth-order valence-electron chi connectivity index (χ4n) is 1.63. The molecule has 0 amide bonds. The third-order valence-electron chi connectivity index (χ3n) is 2.61. The first kappa shape index (κ1) is 13.0. The lowest BCUT2D eigenvalue weighted by atomic mass is 10.2. The Hall–Kier alpha value is -1.40. The SMILES string of the molecule is CCOC(C)c1noc(-c2cc(CC)sc2N)n1. The first-order valence-electron chi connectivity index (χ1n) is 5.99. The number of aromatic nitrogens is 2. The summed E-state index contributed by atoms with van der Waals surface area (Å²) in [6.07, 6.45) is 0.781. The van der Waals surface area contributed by atoms with Gasteiger partial charge in [-0.2, -0.15) is 4.98 Å². The fraction of sp³-hybridized carbons (Fsp3) is 0.500. The van der Waals surface area contributed by atoms with Crippen LogP contribution in [0.2, 0.25) is 0 Å². The zero-order valence-corrected chi connectivity index (χ0v) is 11.6. The molecule has 0 saturated carbocycles. The standard InChI is InChI=1S/C12H17N3O2S/c1-4-8-6-9(10(13)18-8)12-14-11(15-17-12)7(3)16-5-2/h6-7H,4-5,13H2,1-3H3. The second kappa shape index (κ2) is 5.49. The highest BCUT2D eigenvalue weighted by Gasteiger charge is 2.18. The van der Waals surface area contributed by atoms with Crippen molar-refractivity contribution in [3.05, 3.63) is 16.8 Å². The van der Waals surface area contributed by atoms with Crippen molar-refractivity contribution < 1.29 is 9.26 Å². The molecule has 2 aromatic heterocycles. The minimum atomic E-state index is -0.169. The second-order valence-electron chi connectivity index (χ2n) is 3.90. The molecule has 0 aliphatic rings. The van der Waals surface area contributed by atoms with E-state index in [4.69, 9.17) is 15.0 Å². The van der Waals surface area contributed by atoms with Crippen molar-refractivity contribution in [3.8, 4) is 11.5 Å². The summed E-state index contributed by atoms with van der Waals surface area (Å²) in [5, 5.41) is 4.64. The molecule has 0 aromatic carbocycles. The lowest BCUT2D eigenvalue weighted by Crippen LogP contribution is -2.01. The summed E-state index contributed by atoms with van der Waals surface area (Å²) in [7, 11) is 0. The van der Waals surface area contributed by atoms with Gasteiger partial charge < -0.3 is 15.0 Å². The summed E-state index contributed by atoms with van der Waals surface area (Å²) in [5.74, 6) is 1.01. The highest BCUT2D eigenvalue weighted by Crippen LogP contribution is 2.33. The molecule has 1 unspecified atom stereocenters. The number of aryl methyl sites for hydroxylation is 1. The summed E-state index contributed by atoms with van der Waals surface area (Å²) >= 11 is 1.56. The van der Waals surface area contributed by atoms with Crippen molar-refractivity contribution in [2.75, 3.05) is 12.3 Å². The fourth-order valence-corrected chi connectivity index (χ4v) is 2.49. The maximum Gasteiger partial charge on any atom is 0.261 e. The van der Waals surface area contributed by atoms with E-state index in [0.29, 0.717) is 23.3 Å². The molecule has 0 bridgehead atoms. The second-order valence-corrected chi connectivity index (χ2v) is 5.07. The number of nitrogens with two attached hydrogens (primary N) is 1. The molecule has 18 heavy (non-hydrogen) atoms. The van der Waals surface area contributed by atoms with Crippen molar-refractivity contribution >= 4 is 16.3 Å². The van der Waals surface area contributed by atoms with E-state index in [9.17, 15) is 0 Å². The van der Waals surface area contributed by atoms with E-state index in [-0.39, 0.29) is 6.10 Å². The Labute approximate surface area is 110 Å². The molecule has 0 fully saturated rings. The Morgan fingerprint density at radius 1 is 1.50 bits per heavy atom. The molecule has 2 aromatic rings. The van der Waals surface area contributed by atoms with Crippen LogP contribution in [0.25, 0.3) is 11.5 Å². The summed E-state index contributed by atoms with van der Waals surface area (Å²) in [4.78, 5) is 5.54. The minimum Gasteiger partial charge on any atom is -0.390 e. The van der Waals surface area contributed by atoms with Gasteiger partial charge in [0.1, 0.15) is 6.10 Å². The summed E-state index contributed by atoms with van der Waals surface area (Å²) < 4.78 is 10.7. The van der Waals surface area contributed by atoms with Gasteiger partial charge in [0.25, 0.3) is 5.89 Å². The van der Waals surface area contributed by atoms with Gasteiger partial charge in [-0.3, -0.25) is 0 Å². The Morgan fingerprint density at radius 3 is 2.89 bits per heavy atom. The minimum absolute atomic E-state index is 0.169. The van der Waals surface area contributed by atoms with Gasteiger partial charge in [0, 0.05) is 11.5 Å². The van der Waals surface area contributed by atoms with E-state index >= 15 is 0 Å². The summed E-state index contributed by atoms with van der Waals surface area (Å²) in [6, 6.07) is 2.00. The molecular weight excluding hydrogens is 250 g/mol. The van der Waals surface area contributed by atoms with Gasteiger partial charge in [0.15, 0.2) is 0 Å². The van der Waals surface area contributed by atoms with E-state index < -0.39 is 0 Å². The molecule has 0 saturated heterocycles. The third kappa shape index (κ3) is 2.54. The van der Waals surface area contributed by atoms with E-state index in [0.717, 1.165) is 12.0 Å². The lowest BCUT2D eigenvalue weighted by molar-refractivity contribution is 0.0683. The van der Waals surface area contributed by atoms with E-state index in [1.807, 2.05) is 19.9 Å². The molecule has 2 N–H and O–H groups in total. The maximum absolute atomic E-state index is 5.95. The summed E-state index contributed by atoms with van der Waals surface area (Å²) in [6.45, 7) is 6.53. The van der Waals surface area contributed by atoms with Crippen LogP contribution in [-0.2, 0) is 11.2 Å². The van der Waals surface area contributed by atoms with E-state index in [1.165, 1.54) is 4.88 Å². The molecule has 5 nitrogen and oxygen atoms in total. The molecule has 0 spiro atoms. The van der Waals surface area contributed by atoms with Crippen LogP contribution in [0.15, 0.2) is 10.6 Å². The Balaban J connectivity index is 2.26. The van der Waals surface area contributed by atoms with E-state index in [1.54, 1.807) is 11.3 Å². The van der Waals surface area contributed by atoms with Gasteiger partial charge >= 0.3 is 0 Å². The van der Waals surface area contributed by atoms with Gasteiger partial charge in [-0.1, -0.05) is 12.1 Å². The molecular formula is C12H17N3O2S. The zero-order valence-electron chi connectivity index (χ0n) is 10.8. The monoisotopic (exact) mass is 267 g/mol. The van der Waals surface area contributed by atoms with Gasteiger partial charge in [-0.05, 0) is 26.3 Å². The maximum atomic E-state index is 5.95. The number of thiophene rings is 1. The zero-order chi connectivity index (χ0) is 13.1. The summed E-state index contributed by atoms with van der Waals surface area (Å²) in [5.41, 5.74) is 6.77. The number of nitrogens with zero attached hydrogens (tertiary/aromatic N) is 2. The predicted molar refractivity (Wildman–Crippen MR) is 71.4 cm³/mol. The molecule has 0 aliphatic heterocycles. The van der Waals surface area contributed by atoms with Crippen LogP contribution >= 0.6 is 11.3 Å². The highest BCUT2D eigenvalue weighted by molar-refractivity contribution is 7.16. The molecule has 0 radical (unpaired) electrons. The Bertz CT molecular complexity index is 521. The number of rotatable bonds is 5. The quantitative estimate of drug-likeness (QED) is 0.901. The van der Waals surface area contributed by atoms with Crippen LogP contribution in [0.3, 0.4) is 0 Å². The largest absolute Gasteiger partial charge is 0.390 e. The molecule has 0 aliphatic carbocycles. The topological polar surface area (TPSA) is 74.2 Å². The van der Waals surface area contributed by atoms with Crippen molar-refractivity contribution in [1.29, 1.82) is 0 Å². The van der Waals surface area contributed by atoms with Gasteiger partial charge in [-0.15, -0.1) is 11.3 Å². The first-order valence-corrected chi connectivity index (χ1v) is 6.81. The molecule has 6 heteroatoms.